The van der Waals surface area contributed by atoms with E-state index in [1.54, 1.807) is 11.0 Å². The van der Waals surface area contributed by atoms with Crippen LogP contribution < -0.4 is 9.80 Å². The Morgan fingerprint density at radius 1 is 0.960 bits per heavy atom. The molecule has 122 valence electrons. The van der Waals surface area contributed by atoms with Crippen LogP contribution in [0.2, 0.25) is 0 Å². The second-order valence-electron chi connectivity index (χ2n) is 6.11. The molecule has 1 fully saturated rings. The second-order valence-corrected chi connectivity index (χ2v) is 6.47. The van der Waals surface area contributed by atoms with Gasteiger partial charge >= 0.3 is 0 Å². The quantitative estimate of drug-likeness (QED) is 0.780. The average molecular weight is 346 g/mol. The number of benzene rings is 2. The van der Waals surface area contributed by atoms with Gasteiger partial charge in [-0.25, -0.2) is 0 Å². The molecule has 3 rings (SSSR count). The molecule has 1 aliphatic heterocycles. The maximum absolute atomic E-state index is 13.0. The zero-order valence-electron chi connectivity index (χ0n) is 13.7. The van der Waals surface area contributed by atoms with Crippen molar-refractivity contribution in [2.75, 3.05) is 9.80 Å². The lowest BCUT2D eigenvalue weighted by molar-refractivity contribution is -0.120. The maximum Gasteiger partial charge on any atom is 0.259 e. The fourth-order valence-electron chi connectivity index (χ4n) is 2.89. The highest BCUT2D eigenvalue weighted by Gasteiger charge is 2.50. The summed E-state index contributed by atoms with van der Waals surface area (Å²) in [4.78, 5) is 16.2. The molecule has 5 nitrogen and oxygen atoms in total. The van der Waals surface area contributed by atoms with Crippen LogP contribution in [0.15, 0.2) is 48.5 Å². The molecular formula is C19H14N4OS. The van der Waals surface area contributed by atoms with Crippen LogP contribution in [-0.2, 0) is 4.79 Å². The monoisotopic (exact) mass is 346 g/mol. The first-order valence-corrected chi connectivity index (χ1v) is 8.00. The minimum Gasteiger partial charge on any atom is -0.304 e. The first-order chi connectivity index (χ1) is 11.9. The number of hydrogen-bond donors (Lipinski definition) is 0. The van der Waals surface area contributed by atoms with Crippen LogP contribution in [0.1, 0.15) is 25.0 Å². The van der Waals surface area contributed by atoms with E-state index in [0.29, 0.717) is 10.8 Å². The molecule has 0 saturated carbocycles. The Morgan fingerprint density at radius 3 is 2.20 bits per heavy atom. The molecule has 25 heavy (non-hydrogen) atoms. The van der Waals surface area contributed by atoms with Gasteiger partial charge in [-0.3, -0.25) is 9.69 Å². The molecule has 0 spiro atoms. The van der Waals surface area contributed by atoms with Crippen molar-refractivity contribution in [1.29, 1.82) is 10.5 Å². The van der Waals surface area contributed by atoms with Gasteiger partial charge in [0.25, 0.3) is 5.91 Å². The van der Waals surface area contributed by atoms with Crippen molar-refractivity contribution in [2.45, 2.75) is 19.4 Å². The normalized spacial score (nSPS) is 15.8. The zero-order chi connectivity index (χ0) is 18.2. The van der Waals surface area contributed by atoms with Gasteiger partial charge < -0.3 is 4.90 Å². The Balaban J connectivity index is 2.10. The summed E-state index contributed by atoms with van der Waals surface area (Å²) >= 11 is 5.58. The molecule has 2 aromatic carbocycles. The summed E-state index contributed by atoms with van der Waals surface area (Å²) < 4.78 is 0. The molecule has 6 heteroatoms. The number of carbonyl (C=O) groups is 1. The minimum absolute atomic E-state index is 0.185. The summed E-state index contributed by atoms with van der Waals surface area (Å²) in [7, 11) is 0. The number of nitriles is 2. The standard InChI is InChI=1S/C19H14N4OS/c1-19(2)17(24)22(16-9-8-13(11-20)14(10-16)12-21)18(25)23(19)15-6-4-3-5-7-15/h3-10H,1-2H3. The van der Waals surface area contributed by atoms with Crippen LogP contribution in [0.3, 0.4) is 0 Å². The van der Waals surface area contributed by atoms with Crippen LogP contribution in [-0.4, -0.2) is 16.6 Å². The van der Waals surface area contributed by atoms with Gasteiger partial charge in [-0.05, 0) is 56.4 Å². The van der Waals surface area contributed by atoms with Gasteiger partial charge in [-0.2, -0.15) is 10.5 Å². The van der Waals surface area contributed by atoms with Gasteiger partial charge in [-0.1, -0.05) is 18.2 Å². The lowest BCUT2D eigenvalue weighted by Crippen LogP contribution is -2.44. The van der Waals surface area contributed by atoms with Crippen LogP contribution in [0.4, 0.5) is 11.4 Å². The highest BCUT2D eigenvalue weighted by Crippen LogP contribution is 2.36. The number of nitrogens with zero attached hydrogens (tertiary/aromatic N) is 4. The van der Waals surface area contributed by atoms with E-state index in [1.165, 1.54) is 17.0 Å². The Labute approximate surface area is 151 Å². The summed E-state index contributed by atoms with van der Waals surface area (Å²) in [6.45, 7) is 3.62. The summed E-state index contributed by atoms with van der Waals surface area (Å²) in [5.41, 5.74) is 0.924. The summed E-state index contributed by atoms with van der Waals surface area (Å²) in [6, 6.07) is 18.1. The first-order valence-electron chi connectivity index (χ1n) is 7.60. The lowest BCUT2D eigenvalue weighted by atomic mass is 10.0. The summed E-state index contributed by atoms with van der Waals surface area (Å²) in [5.74, 6) is -0.185. The molecule has 0 radical (unpaired) electrons. The Hall–Kier alpha value is -3.22. The van der Waals surface area contributed by atoms with Crippen molar-refractivity contribution in [3.63, 3.8) is 0 Å². The number of anilines is 2. The van der Waals surface area contributed by atoms with Gasteiger partial charge in [0.05, 0.1) is 16.8 Å². The van der Waals surface area contributed by atoms with Crippen LogP contribution in [0.25, 0.3) is 0 Å². The molecule has 1 amide bonds. The summed E-state index contributed by atoms with van der Waals surface area (Å²) in [5, 5.41) is 18.6. The third-order valence-electron chi connectivity index (χ3n) is 4.18. The van der Waals surface area contributed by atoms with Crippen LogP contribution in [0.5, 0.6) is 0 Å². The molecule has 1 heterocycles. The molecule has 0 aliphatic carbocycles. The molecule has 1 saturated heterocycles. The molecule has 0 unspecified atom stereocenters. The van der Waals surface area contributed by atoms with E-state index in [-0.39, 0.29) is 17.0 Å². The third kappa shape index (κ3) is 2.53. The van der Waals surface area contributed by atoms with Gasteiger partial charge in [0.1, 0.15) is 17.7 Å². The maximum atomic E-state index is 13.0. The van der Waals surface area contributed by atoms with Crippen LogP contribution >= 0.6 is 12.2 Å². The van der Waals surface area contributed by atoms with E-state index >= 15 is 0 Å². The largest absolute Gasteiger partial charge is 0.304 e. The van der Waals surface area contributed by atoms with Crippen molar-refractivity contribution in [1.82, 2.24) is 0 Å². The van der Waals surface area contributed by atoms with Crippen molar-refractivity contribution >= 4 is 34.6 Å². The smallest absolute Gasteiger partial charge is 0.259 e. The number of rotatable bonds is 2. The first kappa shape index (κ1) is 16.6. The molecule has 0 bridgehead atoms. The predicted molar refractivity (Wildman–Crippen MR) is 99.0 cm³/mol. The number of para-hydroxylation sites is 1. The number of thiocarbonyl (C=S) groups is 1. The van der Waals surface area contributed by atoms with Gasteiger partial charge in [-0.15, -0.1) is 0 Å². The Bertz CT molecular complexity index is 954. The zero-order valence-corrected chi connectivity index (χ0v) is 14.5. The van der Waals surface area contributed by atoms with Crippen molar-refractivity contribution in [3.8, 4) is 12.1 Å². The molecular weight excluding hydrogens is 332 g/mol. The molecule has 0 atom stereocenters. The van der Waals surface area contributed by atoms with Crippen molar-refractivity contribution in [3.05, 3.63) is 59.7 Å². The number of amides is 1. The minimum atomic E-state index is -0.862. The van der Waals surface area contributed by atoms with Crippen molar-refractivity contribution < 1.29 is 4.79 Å². The second kappa shape index (κ2) is 6.01. The molecule has 0 aromatic heterocycles. The molecule has 2 aromatic rings. The lowest BCUT2D eigenvalue weighted by Gasteiger charge is -2.29. The number of hydrogen-bond acceptors (Lipinski definition) is 4. The van der Waals surface area contributed by atoms with Gasteiger partial charge in [0, 0.05) is 5.69 Å². The van der Waals surface area contributed by atoms with E-state index in [2.05, 4.69) is 0 Å². The third-order valence-corrected chi connectivity index (χ3v) is 4.55. The Kier molecular flexibility index (Phi) is 4.00. The highest BCUT2D eigenvalue weighted by atomic mass is 32.1. The Morgan fingerprint density at radius 2 is 1.60 bits per heavy atom. The van der Waals surface area contributed by atoms with Gasteiger partial charge in [0.15, 0.2) is 5.11 Å². The van der Waals surface area contributed by atoms with Crippen molar-refractivity contribution in [2.24, 2.45) is 0 Å². The van der Waals surface area contributed by atoms with E-state index in [1.807, 2.05) is 56.3 Å². The highest BCUT2D eigenvalue weighted by molar-refractivity contribution is 7.81. The van der Waals surface area contributed by atoms with Gasteiger partial charge in [0.2, 0.25) is 0 Å². The SMILES string of the molecule is CC1(C)C(=O)N(c2ccc(C#N)c(C#N)c2)C(=S)N1c1ccccc1. The number of carbonyl (C=O) groups excluding carboxylic acids is 1. The van der Waals surface area contributed by atoms with E-state index in [0.717, 1.165) is 5.69 Å². The van der Waals surface area contributed by atoms with E-state index in [4.69, 9.17) is 17.5 Å². The van der Waals surface area contributed by atoms with E-state index in [9.17, 15) is 10.1 Å². The molecule has 0 N–H and O–H groups in total. The predicted octanol–water partition coefficient (Wildman–Crippen LogP) is 3.35. The average Bonchev–Trinajstić information content (AvgIpc) is 2.79. The fourth-order valence-corrected chi connectivity index (χ4v) is 3.42. The summed E-state index contributed by atoms with van der Waals surface area (Å²) in [6.07, 6.45) is 0. The molecule has 1 aliphatic rings. The topological polar surface area (TPSA) is 71.1 Å². The van der Waals surface area contributed by atoms with Crippen LogP contribution in [0, 0.1) is 22.7 Å². The fraction of sp³-hybridized carbons (Fsp3) is 0.158. The van der Waals surface area contributed by atoms with E-state index < -0.39 is 5.54 Å².